The van der Waals surface area contributed by atoms with E-state index in [0.29, 0.717) is 17.7 Å². The highest BCUT2D eigenvalue weighted by Crippen LogP contribution is 2.19. The molecule has 2 N–H and O–H groups in total. The Morgan fingerprint density at radius 3 is 2.81 bits per heavy atom. The fourth-order valence-electron chi connectivity index (χ4n) is 1.67. The quantitative estimate of drug-likeness (QED) is 0.796. The number of nitrogens with one attached hydrogen (secondary N) is 1. The number of benzene rings is 1. The maximum Gasteiger partial charge on any atom is 0.328 e. The van der Waals surface area contributed by atoms with Crippen LogP contribution in [0.1, 0.15) is 20.8 Å². The summed E-state index contributed by atoms with van der Waals surface area (Å²) in [6, 6.07) is 8.76. The third-order valence-electron chi connectivity index (χ3n) is 2.61. The van der Waals surface area contributed by atoms with Crippen molar-refractivity contribution in [3.05, 3.63) is 62.3 Å². The normalized spacial score (nSPS) is 10.7. The van der Waals surface area contributed by atoms with Crippen LogP contribution in [0.25, 0.3) is 6.08 Å². The predicted molar refractivity (Wildman–Crippen MR) is 86.3 cm³/mol. The number of rotatable bonds is 5. The SMILES string of the molecule is O=C(O)C=Cc1cccc(C(=O)NCc2cc(Br)cs2)c1. The second-order valence-electron chi connectivity index (χ2n) is 4.21. The van der Waals surface area contributed by atoms with Gasteiger partial charge in [-0.05, 0) is 45.8 Å². The summed E-state index contributed by atoms with van der Waals surface area (Å²) in [4.78, 5) is 23.6. The maximum atomic E-state index is 12.1. The largest absolute Gasteiger partial charge is 0.478 e. The summed E-state index contributed by atoms with van der Waals surface area (Å²) in [6.45, 7) is 0.463. The first-order valence-electron chi connectivity index (χ1n) is 6.07. The zero-order chi connectivity index (χ0) is 15.2. The summed E-state index contributed by atoms with van der Waals surface area (Å²) in [5.74, 6) is -1.21. The van der Waals surface area contributed by atoms with E-state index in [1.807, 2.05) is 11.4 Å². The van der Waals surface area contributed by atoms with Crippen molar-refractivity contribution in [2.45, 2.75) is 6.54 Å². The third kappa shape index (κ3) is 4.84. The van der Waals surface area contributed by atoms with Gasteiger partial charge in [-0.2, -0.15) is 0 Å². The molecule has 1 aromatic carbocycles. The number of carboxylic acids is 1. The summed E-state index contributed by atoms with van der Waals surface area (Å²) in [7, 11) is 0. The van der Waals surface area contributed by atoms with Gasteiger partial charge in [-0.25, -0.2) is 4.79 Å². The zero-order valence-corrected chi connectivity index (χ0v) is 13.3. The minimum atomic E-state index is -1.02. The molecule has 0 fully saturated rings. The van der Waals surface area contributed by atoms with Crippen molar-refractivity contribution in [2.24, 2.45) is 0 Å². The lowest BCUT2D eigenvalue weighted by molar-refractivity contribution is -0.131. The molecule has 2 rings (SSSR count). The Balaban J connectivity index is 2.02. The molecule has 1 heterocycles. The van der Waals surface area contributed by atoms with Crippen molar-refractivity contribution in [3.63, 3.8) is 0 Å². The number of carboxylic acid groups (broad SMARTS) is 1. The van der Waals surface area contributed by atoms with Gasteiger partial charge in [-0.3, -0.25) is 4.79 Å². The van der Waals surface area contributed by atoms with Gasteiger partial charge >= 0.3 is 5.97 Å². The zero-order valence-electron chi connectivity index (χ0n) is 10.9. The molecule has 21 heavy (non-hydrogen) atoms. The van der Waals surface area contributed by atoms with E-state index in [0.717, 1.165) is 15.4 Å². The van der Waals surface area contributed by atoms with Crippen LogP contribution in [0, 0.1) is 0 Å². The molecule has 0 spiro atoms. The molecule has 0 bridgehead atoms. The van der Waals surface area contributed by atoms with Crippen LogP contribution in [0.5, 0.6) is 0 Å². The van der Waals surface area contributed by atoms with Gasteiger partial charge in [0.05, 0.1) is 6.54 Å². The maximum absolute atomic E-state index is 12.1. The van der Waals surface area contributed by atoms with Gasteiger partial charge in [-0.15, -0.1) is 11.3 Å². The molecule has 1 aromatic heterocycles. The minimum Gasteiger partial charge on any atom is -0.478 e. The molecule has 0 aliphatic heterocycles. The van der Waals surface area contributed by atoms with Crippen LogP contribution in [0.4, 0.5) is 0 Å². The van der Waals surface area contributed by atoms with E-state index in [-0.39, 0.29) is 5.91 Å². The van der Waals surface area contributed by atoms with Gasteiger partial charge in [-0.1, -0.05) is 12.1 Å². The smallest absolute Gasteiger partial charge is 0.328 e. The van der Waals surface area contributed by atoms with E-state index in [4.69, 9.17) is 5.11 Å². The Labute approximate surface area is 134 Å². The van der Waals surface area contributed by atoms with Gasteiger partial charge in [0.1, 0.15) is 0 Å². The van der Waals surface area contributed by atoms with Crippen LogP contribution in [0.3, 0.4) is 0 Å². The summed E-state index contributed by atoms with van der Waals surface area (Å²) in [6.07, 6.45) is 2.50. The highest BCUT2D eigenvalue weighted by molar-refractivity contribution is 9.10. The van der Waals surface area contributed by atoms with E-state index in [1.165, 1.54) is 6.08 Å². The van der Waals surface area contributed by atoms with Gasteiger partial charge in [0.2, 0.25) is 0 Å². The van der Waals surface area contributed by atoms with E-state index < -0.39 is 5.97 Å². The molecule has 0 unspecified atom stereocenters. The third-order valence-corrected chi connectivity index (χ3v) is 4.31. The molecule has 108 valence electrons. The van der Waals surface area contributed by atoms with Crippen molar-refractivity contribution in [3.8, 4) is 0 Å². The summed E-state index contributed by atoms with van der Waals surface area (Å²) in [5.41, 5.74) is 1.17. The first-order valence-corrected chi connectivity index (χ1v) is 7.74. The highest BCUT2D eigenvalue weighted by atomic mass is 79.9. The predicted octanol–water partition coefficient (Wildman–Crippen LogP) is 3.54. The van der Waals surface area contributed by atoms with Gasteiger partial charge in [0.25, 0.3) is 5.91 Å². The average Bonchev–Trinajstić information content (AvgIpc) is 2.88. The van der Waals surface area contributed by atoms with Crippen molar-refractivity contribution in [2.75, 3.05) is 0 Å². The monoisotopic (exact) mass is 365 g/mol. The van der Waals surface area contributed by atoms with Crippen molar-refractivity contribution in [1.29, 1.82) is 0 Å². The number of aliphatic carboxylic acids is 1. The Kier molecular flexibility index (Phi) is 5.30. The lowest BCUT2D eigenvalue weighted by Crippen LogP contribution is -2.22. The number of thiophene rings is 1. The molecular weight excluding hydrogens is 354 g/mol. The summed E-state index contributed by atoms with van der Waals surface area (Å²) in [5, 5.41) is 13.4. The van der Waals surface area contributed by atoms with Crippen LogP contribution in [-0.4, -0.2) is 17.0 Å². The number of amides is 1. The molecule has 2 aromatic rings. The number of carbonyl (C=O) groups is 2. The molecule has 0 saturated heterocycles. The number of carbonyl (C=O) groups excluding carboxylic acids is 1. The average molecular weight is 366 g/mol. The van der Waals surface area contributed by atoms with Crippen molar-refractivity contribution in [1.82, 2.24) is 5.32 Å². The van der Waals surface area contributed by atoms with E-state index in [2.05, 4.69) is 21.2 Å². The van der Waals surface area contributed by atoms with Crippen LogP contribution in [-0.2, 0) is 11.3 Å². The molecule has 0 saturated carbocycles. The summed E-state index contributed by atoms with van der Waals surface area (Å²) >= 11 is 4.93. The Hall–Kier alpha value is -1.92. The van der Waals surface area contributed by atoms with Gasteiger partial charge < -0.3 is 10.4 Å². The number of halogens is 1. The van der Waals surface area contributed by atoms with Crippen molar-refractivity contribution < 1.29 is 14.7 Å². The van der Waals surface area contributed by atoms with E-state index >= 15 is 0 Å². The van der Waals surface area contributed by atoms with Crippen LogP contribution in [0.2, 0.25) is 0 Å². The standard InChI is InChI=1S/C15H12BrNO3S/c16-12-7-13(21-9-12)8-17-15(20)11-3-1-2-10(6-11)4-5-14(18)19/h1-7,9H,8H2,(H,17,20)(H,18,19). The van der Waals surface area contributed by atoms with Crippen LogP contribution >= 0.6 is 27.3 Å². The molecule has 0 radical (unpaired) electrons. The van der Waals surface area contributed by atoms with E-state index in [9.17, 15) is 9.59 Å². The lowest BCUT2D eigenvalue weighted by atomic mass is 10.1. The molecule has 0 aliphatic rings. The molecule has 6 heteroatoms. The first-order chi connectivity index (χ1) is 10.0. The Bertz CT molecular complexity index is 694. The second-order valence-corrected chi connectivity index (χ2v) is 6.12. The highest BCUT2D eigenvalue weighted by Gasteiger charge is 2.06. The first kappa shape index (κ1) is 15.5. The molecular formula is C15H12BrNO3S. The van der Waals surface area contributed by atoms with Gasteiger partial charge in [0.15, 0.2) is 0 Å². The fraction of sp³-hybridized carbons (Fsp3) is 0.0667. The van der Waals surface area contributed by atoms with Crippen LogP contribution in [0.15, 0.2) is 46.3 Å². The number of hydrogen-bond donors (Lipinski definition) is 2. The van der Waals surface area contributed by atoms with E-state index in [1.54, 1.807) is 35.6 Å². The molecule has 0 aliphatic carbocycles. The minimum absolute atomic E-state index is 0.190. The molecule has 1 amide bonds. The van der Waals surface area contributed by atoms with Gasteiger partial charge in [0, 0.05) is 26.4 Å². The fourth-order valence-corrected chi connectivity index (χ4v) is 3.06. The van der Waals surface area contributed by atoms with Crippen molar-refractivity contribution >= 4 is 45.2 Å². The lowest BCUT2D eigenvalue weighted by Gasteiger charge is -2.04. The summed E-state index contributed by atoms with van der Waals surface area (Å²) < 4.78 is 0.998. The second kappa shape index (κ2) is 7.19. The molecule has 4 nitrogen and oxygen atoms in total. The van der Waals surface area contributed by atoms with Crippen LogP contribution < -0.4 is 5.32 Å². The Morgan fingerprint density at radius 2 is 2.14 bits per heavy atom. The topological polar surface area (TPSA) is 66.4 Å². The Morgan fingerprint density at radius 1 is 1.33 bits per heavy atom. The number of hydrogen-bond acceptors (Lipinski definition) is 3. The molecule has 0 atom stereocenters.